The number of hydrogen-bond acceptors (Lipinski definition) is 7. The Morgan fingerprint density at radius 1 is 0.455 bits per heavy atom. The summed E-state index contributed by atoms with van der Waals surface area (Å²) in [5.41, 5.74) is 12.5. The third-order valence-electron chi connectivity index (χ3n) is 5.69. The summed E-state index contributed by atoms with van der Waals surface area (Å²) in [7, 11) is 9.61. The van der Waals surface area contributed by atoms with Crippen LogP contribution in [0.2, 0.25) is 0 Å². The zero-order valence-corrected chi connectivity index (χ0v) is 20.4. The Kier molecular flexibility index (Phi) is 7.11. The van der Waals surface area contributed by atoms with Gasteiger partial charge in [0.05, 0.1) is 53.8 Å². The van der Waals surface area contributed by atoms with Gasteiger partial charge in [0.25, 0.3) is 0 Å². The fourth-order valence-electron chi connectivity index (χ4n) is 4.19. The van der Waals surface area contributed by atoms with Crippen molar-refractivity contribution in [2.75, 3.05) is 48.4 Å². The van der Waals surface area contributed by atoms with Gasteiger partial charge in [-0.2, -0.15) is 0 Å². The molecule has 176 valence electrons. The maximum absolute atomic E-state index is 6.90. The fourth-order valence-corrected chi connectivity index (χ4v) is 4.19. The van der Waals surface area contributed by atoms with Gasteiger partial charge in [-0.1, -0.05) is 6.07 Å². The second kappa shape index (κ2) is 9.81. The molecule has 33 heavy (non-hydrogen) atoms. The Labute approximate surface area is 194 Å². The maximum atomic E-state index is 6.90. The number of methoxy groups -OCH3 is 6. The molecule has 7 heteroatoms. The van der Waals surface area contributed by atoms with Crippen LogP contribution in [-0.4, -0.2) is 42.7 Å². The van der Waals surface area contributed by atoms with Crippen molar-refractivity contribution in [1.82, 2.24) is 0 Å². The molecular weight excluding hydrogens is 422 g/mol. The molecule has 0 amide bonds. The summed E-state index contributed by atoms with van der Waals surface area (Å²) in [5.74, 6) is 3.59. The fraction of sp³-hybridized carbons (Fsp3) is 0.308. The third-order valence-corrected chi connectivity index (χ3v) is 5.69. The molecule has 0 aromatic heterocycles. The van der Waals surface area contributed by atoms with E-state index in [0.717, 1.165) is 33.4 Å². The molecule has 0 saturated heterocycles. The van der Waals surface area contributed by atoms with Gasteiger partial charge in [-0.05, 0) is 25.0 Å². The van der Waals surface area contributed by atoms with Crippen molar-refractivity contribution in [3.63, 3.8) is 0 Å². The van der Waals surface area contributed by atoms with E-state index in [4.69, 9.17) is 34.2 Å². The van der Waals surface area contributed by atoms with E-state index in [2.05, 4.69) is 6.07 Å². The molecular formula is C26H31NO6. The average Bonchev–Trinajstić information content (AvgIpc) is 2.83. The molecule has 0 unspecified atom stereocenters. The second-order valence-corrected chi connectivity index (χ2v) is 7.49. The molecule has 3 aromatic carbocycles. The molecule has 0 spiro atoms. The van der Waals surface area contributed by atoms with Gasteiger partial charge >= 0.3 is 0 Å². The predicted molar refractivity (Wildman–Crippen MR) is 131 cm³/mol. The molecule has 3 rings (SSSR count). The quantitative estimate of drug-likeness (QED) is 0.465. The summed E-state index contributed by atoms with van der Waals surface area (Å²) in [6.45, 7) is 4.02. The molecule has 0 aliphatic rings. The normalized spacial score (nSPS) is 10.5. The first-order chi connectivity index (χ1) is 15.8. The monoisotopic (exact) mass is 453 g/mol. The molecule has 0 saturated carbocycles. The minimum absolute atomic E-state index is 0.552. The highest BCUT2D eigenvalue weighted by atomic mass is 16.5. The van der Waals surface area contributed by atoms with E-state index in [0.29, 0.717) is 40.2 Å². The van der Waals surface area contributed by atoms with Crippen LogP contribution < -0.4 is 34.2 Å². The summed E-state index contributed by atoms with van der Waals surface area (Å²) in [6, 6.07) is 9.32. The lowest BCUT2D eigenvalue weighted by molar-refractivity contribution is 0.377. The number of nitrogen functional groups attached to an aromatic ring is 1. The van der Waals surface area contributed by atoms with E-state index in [-0.39, 0.29) is 0 Å². The molecule has 2 N–H and O–H groups in total. The standard InChI is InChI=1S/C26H31NO6/c1-14-9-15(2)23(25-20(32-7)12-17(29-4)13-21(25)33-8)26(27)22(14)24-18(30-5)10-16(28-3)11-19(24)31-6/h9-13H,27H2,1-8H3. The molecule has 3 aromatic rings. The topological polar surface area (TPSA) is 81.4 Å². The average molecular weight is 454 g/mol. The number of ether oxygens (including phenoxy) is 6. The van der Waals surface area contributed by atoms with Crippen molar-refractivity contribution < 1.29 is 28.4 Å². The molecule has 0 bridgehead atoms. The van der Waals surface area contributed by atoms with Crippen LogP contribution in [0, 0.1) is 13.8 Å². The lowest BCUT2D eigenvalue weighted by Gasteiger charge is -2.23. The van der Waals surface area contributed by atoms with Gasteiger partial charge in [0.15, 0.2) is 0 Å². The van der Waals surface area contributed by atoms with Gasteiger partial charge in [0.1, 0.15) is 34.5 Å². The van der Waals surface area contributed by atoms with E-state index >= 15 is 0 Å². The number of anilines is 1. The number of aryl methyl sites for hydroxylation is 2. The van der Waals surface area contributed by atoms with Crippen LogP contribution in [0.3, 0.4) is 0 Å². The lowest BCUT2D eigenvalue weighted by atomic mass is 9.87. The van der Waals surface area contributed by atoms with Crippen LogP contribution in [0.1, 0.15) is 11.1 Å². The smallest absolute Gasteiger partial charge is 0.134 e. The highest BCUT2D eigenvalue weighted by Crippen LogP contribution is 2.52. The Morgan fingerprint density at radius 2 is 0.758 bits per heavy atom. The molecule has 0 atom stereocenters. The van der Waals surface area contributed by atoms with Crippen molar-refractivity contribution in [2.45, 2.75) is 13.8 Å². The third kappa shape index (κ3) is 4.18. The Balaban J connectivity index is 2.44. The maximum Gasteiger partial charge on any atom is 0.134 e. The van der Waals surface area contributed by atoms with Gasteiger partial charge < -0.3 is 34.2 Å². The van der Waals surface area contributed by atoms with E-state index < -0.39 is 0 Å². The largest absolute Gasteiger partial charge is 0.496 e. The second-order valence-electron chi connectivity index (χ2n) is 7.49. The van der Waals surface area contributed by atoms with Crippen LogP contribution in [0.4, 0.5) is 5.69 Å². The van der Waals surface area contributed by atoms with Gasteiger partial charge in [0.2, 0.25) is 0 Å². The van der Waals surface area contributed by atoms with Crippen LogP contribution in [-0.2, 0) is 0 Å². The summed E-state index contributed by atoms with van der Waals surface area (Å²) < 4.78 is 33.7. The first-order valence-corrected chi connectivity index (χ1v) is 10.3. The molecule has 0 fully saturated rings. The molecule has 0 heterocycles. The van der Waals surface area contributed by atoms with E-state index in [1.807, 2.05) is 38.1 Å². The van der Waals surface area contributed by atoms with Crippen LogP contribution >= 0.6 is 0 Å². The van der Waals surface area contributed by atoms with Gasteiger partial charge in [-0.15, -0.1) is 0 Å². The van der Waals surface area contributed by atoms with Crippen molar-refractivity contribution in [2.24, 2.45) is 0 Å². The first kappa shape index (κ1) is 23.9. The molecule has 0 aliphatic carbocycles. The number of benzene rings is 3. The van der Waals surface area contributed by atoms with Crippen molar-refractivity contribution >= 4 is 5.69 Å². The highest BCUT2D eigenvalue weighted by molar-refractivity contribution is 5.99. The highest BCUT2D eigenvalue weighted by Gasteiger charge is 2.26. The number of nitrogens with two attached hydrogens (primary N) is 1. The molecule has 7 nitrogen and oxygen atoms in total. The van der Waals surface area contributed by atoms with Crippen molar-refractivity contribution in [3.05, 3.63) is 41.5 Å². The minimum Gasteiger partial charge on any atom is -0.496 e. The summed E-state index contributed by atoms with van der Waals surface area (Å²) in [4.78, 5) is 0. The van der Waals surface area contributed by atoms with Gasteiger partial charge in [-0.3, -0.25) is 0 Å². The van der Waals surface area contributed by atoms with Gasteiger partial charge in [0, 0.05) is 41.1 Å². The number of hydrogen-bond donors (Lipinski definition) is 1. The lowest BCUT2D eigenvalue weighted by Crippen LogP contribution is -2.04. The van der Waals surface area contributed by atoms with Crippen LogP contribution in [0.15, 0.2) is 30.3 Å². The first-order valence-electron chi connectivity index (χ1n) is 10.3. The van der Waals surface area contributed by atoms with Crippen molar-refractivity contribution in [3.8, 4) is 56.8 Å². The Hall–Kier alpha value is -3.74. The van der Waals surface area contributed by atoms with Crippen LogP contribution in [0.5, 0.6) is 34.5 Å². The summed E-state index contributed by atoms with van der Waals surface area (Å²) in [6.07, 6.45) is 0. The minimum atomic E-state index is 0.552. The Morgan fingerprint density at radius 3 is 1.00 bits per heavy atom. The zero-order chi connectivity index (χ0) is 24.3. The SMILES string of the molecule is COc1cc(OC)c(-c2c(C)cc(C)c(-c3c(OC)cc(OC)cc3OC)c2N)c(OC)c1. The van der Waals surface area contributed by atoms with Gasteiger partial charge in [-0.25, -0.2) is 0 Å². The Bertz CT molecular complexity index is 1030. The zero-order valence-electron chi connectivity index (χ0n) is 20.4. The van der Waals surface area contributed by atoms with Crippen molar-refractivity contribution in [1.29, 1.82) is 0 Å². The summed E-state index contributed by atoms with van der Waals surface area (Å²) in [5, 5.41) is 0. The summed E-state index contributed by atoms with van der Waals surface area (Å²) >= 11 is 0. The van der Waals surface area contributed by atoms with E-state index in [9.17, 15) is 0 Å². The molecule has 0 radical (unpaired) electrons. The van der Waals surface area contributed by atoms with E-state index in [1.54, 1.807) is 42.7 Å². The number of rotatable bonds is 8. The van der Waals surface area contributed by atoms with Crippen LogP contribution in [0.25, 0.3) is 22.3 Å². The van der Waals surface area contributed by atoms with E-state index in [1.165, 1.54) is 0 Å². The predicted octanol–water partition coefficient (Wildman–Crippen LogP) is 5.27. The molecule has 0 aliphatic heterocycles.